The van der Waals surface area contributed by atoms with Crippen molar-refractivity contribution in [2.24, 2.45) is 0 Å². The molecular weight excluding hydrogens is 178 g/mol. The van der Waals surface area contributed by atoms with E-state index in [1.807, 2.05) is 13.0 Å². The number of aromatic amines is 1. The molecule has 0 radical (unpaired) electrons. The molecule has 2 aromatic rings. The molecule has 2 aromatic heterocycles. The molecule has 0 saturated heterocycles. The average Bonchev–Trinajstić information content (AvgIpc) is 2.16. The maximum atomic E-state index is 11.2. The molecule has 2 heterocycles. The van der Waals surface area contributed by atoms with E-state index in [2.05, 4.69) is 15.3 Å². The van der Waals surface area contributed by atoms with Crippen LogP contribution in [0.1, 0.15) is 5.56 Å². The largest absolute Gasteiger partial charge is 0.373 e. The topological polar surface area (TPSA) is 57.8 Å². The van der Waals surface area contributed by atoms with Crippen molar-refractivity contribution in [3.05, 3.63) is 34.2 Å². The van der Waals surface area contributed by atoms with Gasteiger partial charge in [-0.15, -0.1) is 0 Å². The summed E-state index contributed by atoms with van der Waals surface area (Å²) in [6.07, 6.45) is 1.76. The number of H-pyrrole nitrogens is 1. The molecule has 0 amide bonds. The molecule has 2 N–H and O–H groups in total. The van der Waals surface area contributed by atoms with Gasteiger partial charge in [-0.25, -0.2) is 4.98 Å². The molecule has 0 bridgehead atoms. The highest BCUT2D eigenvalue weighted by molar-refractivity contribution is 5.82. The van der Waals surface area contributed by atoms with Crippen LogP contribution in [0.5, 0.6) is 0 Å². The summed E-state index contributed by atoms with van der Waals surface area (Å²) < 4.78 is 0. The lowest BCUT2D eigenvalue weighted by Crippen LogP contribution is -2.05. The fourth-order valence-corrected chi connectivity index (χ4v) is 1.45. The van der Waals surface area contributed by atoms with E-state index in [4.69, 9.17) is 0 Å². The second-order valence-corrected chi connectivity index (χ2v) is 3.18. The Bertz CT molecular complexity index is 530. The molecule has 2 rings (SSSR count). The van der Waals surface area contributed by atoms with Crippen LogP contribution in [0.2, 0.25) is 0 Å². The Hall–Kier alpha value is -1.84. The predicted octanol–water partition coefficient (Wildman–Crippen LogP) is 1.27. The van der Waals surface area contributed by atoms with Gasteiger partial charge in [-0.2, -0.15) is 0 Å². The van der Waals surface area contributed by atoms with Crippen LogP contribution in [0.25, 0.3) is 10.9 Å². The Morgan fingerprint density at radius 3 is 2.93 bits per heavy atom. The second-order valence-electron chi connectivity index (χ2n) is 3.18. The number of nitrogens with one attached hydrogen (secondary N) is 2. The van der Waals surface area contributed by atoms with E-state index >= 15 is 0 Å². The van der Waals surface area contributed by atoms with Gasteiger partial charge in [0.2, 0.25) is 5.56 Å². The summed E-state index contributed by atoms with van der Waals surface area (Å²) in [6, 6.07) is 3.40. The Morgan fingerprint density at radius 1 is 1.43 bits per heavy atom. The molecular formula is C10H11N3O. The molecule has 0 aliphatic heterocycles. The molecule has 0 spiro atoms. The van der Waals surface area contributed by atoms with Gasteiger partial charge in [0.05, 0.1) is 5.52 Å². The highest BCUT2D eigenvalue weighted by Gasteiger charge is 2.00. The average molecular weight is 189 g/mol. The normalized spacial score (nSPS) is 10.4. The first kappa shape index (κ1) is 8.74. The van der Waals surface area contributed by atoms with Crippen LogP contribution in [0.15, 0.2) is 23.1 Å². The first-order chi connectivity index (χ1) is 6.70. The van der Waals surface area contributed by atoms with Gasteiger partial charge in [-0.3, -0.25) is 4.79 Å². The number of hydrogen-bond donors (Lipinski definition) is 2. The van der Waals surface area contributed by atoms with Gasteiger partial charge >= 0.3 is 0 Å². The van der Waals surface area contributed by atoms with Crippen molar-refractivity contribution < 1.29 is 0 Å². The molecule has 14 heavy (non-hydrogen) atoms. The lowest BCUT2D eigenvalue weighted by Gasteiger charge is -2.03. The number of hydrogen-bond acceptors (Lipinski definition) is 3. The zero-order valence-corrected chi connectivity index (χ0v) is 8.09. The number of fused-ring (bicyclic) bond motifs is 1. The number of rotatable bonds is 1. The summed E-state index contributed by atoms with van der Waals surface area (Å²) in [5, 5.41) is 3.90. The Labute approximate surface area is 81.0 Å². The predicted molar refractivity (Wildman–Crippen MR) is 56.6 cm³/mol. The monoisotopic (exact) mass is 189 g/mol. The van der Waals surface area contributed by atoms with E-state index in [1.54, 1.807) is 19.3 Å². The van der Waals surface area contributed by atoms with Crippen LogP contribution in [-0.2, 0) is 0 Å². The minimum Gasteiger partial charge on any atom is -0.373 e. The number of anilines is 1. The number of pyridine rings is 2. The van der Waals surface area contributed by atoms with Gasteiger partial charge in [0, 0.05) is 30.8 Å². The smallest absolute Gasteiger partial charge is 0.248 e. The molecule has 0 saturated carbocycles. The summed E-state index contributed by atoms with van der Waals surface area (Å²) in [6.45, 7) is 1.90. The van der Waals surface area contributed by atoms with Crippen LogP contribution in [0, 0.1) is 6.92 Å². The van der Waals surface area contributed by atoms with Gasteiger partial charge in [0.1, 0.15) is 5.82 Å². The van der Waals surface area contributed by atoms with Crippen molar-refractivity contribution in [2.45, 2.75) is 6.92 Å². The van der Waals surface area contributed by atoms with Crippen LogP contribution in [0.3, 0.4) is 0 Å². The lowest BCUT2D eigenvalue weighted by molar-refractivity contribution is 1.24. The van der Waals surface area contributed by atoms with Gasteiger partial charge in [-0.05, 0) is 12.5 Å². The minimum absolute atomic E-state index is 0.0803. The van der Waals surface area contributed by atoms with Crippen LogP contribution in [0.4, 0.5) is 5.82 Å². The molecule has 72 valence electrons. The number of aromatic nitrogens is 2. The Kier molecular flexibility index (Phi) is 1.96. The molecule has 0 aromatic carbocycles. The van der Waals surface area contributed by atoms with E-state index < -0.39 is 0 Å². The fourth-order valence-electron chi connectivity index (χ4n) is 1.45. The van der Waals surface area contributed by atoms with E-state index in [9.17, 15) is 4.79 Å². The maximum Gasteiger partial charge on any atom is 0.248 e. The van der Waals surface area contributed by atoms with Gasteiger partial charge in [-0.1, -0.05) is 0 Å². The summed E-state index contributed by atoms with van der Waals surface area (Å²) in [7, 11) is 1.79. The van der Waals surface area contributed by atoms with E-state index in [1.165, 1.54) is 0 Å². The summed E-state index contributed by atoms with van der Waals surface area (Å²) >= 11 is 0. The van der Waals surface area contributed by atoms with Gasteiger partial charge in [0.15, 0.2) is 0 Å². The third kappa shape index (κ3) is 1.35. The molecule has 0 atom stereocenters. The van der Waals surface area contributed by atoms with Gasteiger partial charge < -0.3 is 10.3 Å². The van der Waals surface area contributed by atoms with Crippen LogP contribution < -0.4 is 10.9 Å². The SMILES string of the molecule is CNc1cc2[nH]c(=O)cc(C)c2cn1. The van der Waals surface area contributed by atoms with Gasteiger partial charge in [0.25, 0.3) is 0 Å². The zero-order chi connectivity index (χ0) is 10.1. The molecule has 4 nitrogen and oxygen atoms in total. The molecule has 0 fully saturated rings. The Balaban J connectivity index is 2.82. The third-order valence-corrected chi connectivity index (χ3v) is 2.19. The molecule has 0 aliphatic carbocycles. The summed E-state index contributed by atoms with van der Waals surface area (Å²) in [4.78, 5) is 18.2. The van der Waals surface area contributed by atoms with Crippen molar-refractivity contribution >= 4 is 16.7 Å². The molecule has 0 unspecified atom stereocenters. The van der Waals surface area contributed by atoms with E-state index in [-0.39, 0.29) is 5.56 Å². The quantitative estimate of drug-likeness (QED) is 0.710. The summed E-state index contributed by atoms with van der Waals surface area (Å²) in [5.74, 6) is 0.749. The lowest BCUT2D eigenvalue weighted by atomic mass is 10.2. The van der Waals surface area contributed by atoms with Crippen LogP contribution in [-0.4, -0.2) is 17.0 Å². The number of aryl methyl sites for hydroxylation is 1. The van der Waals surface area contributed by atoms with Crippen molar-refractivity contribution in [3.63, 3.8) is 0 Å². The van der Waals surface area contributed by atoms with Crippen LogP contribution >= 0.6 is 0 Å². The first-order valence-electron chi connectivity index (χ1n) is 4.38. The zero-order valence-electron chi connectivity index (χ0n) is 8.09. The first-order valence-corrected chi connectivity index (χ1v) is 4.38. The number of nitrogens with zero attached hydrogens (tertiary/aromatic N) is 1. The standard InChI is InChI=1S/C10H11N3O/c1-6-3-10(14)13-8-4-9(11-2)12-5-7(6)8/h3-5H,1-2H3,(H,11,12)(H,13,14). The summed E-state index contributed by atoms with van der Waals surface area (Å²) in [5.41, 5.74) is 1.68. The van der Waals surface area contributed by atoms with Crippen molar-refractivity contribution in [2.75, 3.05) is 12.4 Å². The van der Waals surface area contributed by atoms with Crippen molar-refractivity contribution in [1.29, 1.82) is 0 Å². The van der Waals surface area contributed by atoms with Crippen molar-refractivity contribution in [1.82, 2.24) is 9.97 Å². The maximum absolute atomic E-state index is 11.2. The molecule has 4 heteroatoms. The third-order valence-electron chi connectivity index (χ3n) is 2.19. The Morgan fingerprint density at radius 2 is 2.21 bits per heavy atom. The van der Waals surface area contributed by atoms with Crippen molar-refractivity contribution in [3.8, 4) is 0 Å². The van der Waals surface area contributed by atoms with E-state index in [0.29, 0.717) is 0 Å². The molecule has 0 aliphatic rings. The minimum atomic E-state index is -0.0803. The highest BCUT2D eigenvalue weighted by Crippen LogP contribution is 2.15. The fraction of sp³-hybridized carbons (Fsp3) is 0.200. The van der Waals surface area contributed by atoms with E-state index in [0.717, 1.165) is 22.3 Å². The second kappa shape index (κ2) is 3.14. The highest BCUT2D eigenvalue weighted by atomic mass is 16.1.